The van der Waals surface area contributed by atoms with E-state index in [0.717, 1.165) is 5.56 Å². The Kier molecular flexibility index (Phi) is 5.39. The number of nitrogens with zero attached hydrogens (tertiary/aromatic N) is 2. The highest BCUT2D eigenvalue weighted by Crippen LogP contribution is 2.21. The van der Waals surface area contributed by atoms with Crippen LogP contribution < -0.4 is 10.2 Å². The molecule has 0 unspecified atom stereocenters. The third-order valence-corrected chi connectivity index (χ3v) is 2.75. The van der Waals surface area contributed by atoms with Crippen molar-refractivity contribution in [2.75, 3.05) is 18.5 Å². The minimum absolute atomic E-state index is 0.0160. The smallest absolute Gasteiger partial charge is 0.359 e. The van der Waals surface area contributed by atoms with Crippen molar-refractivity contribution in [2.45, 2.75) is 45.5 Å². The van der Waals surface area contributed by atoms with E-state index in [1.165, 1.54) is 4.90 Å². The third-order valence-electron chi connectivity index (χ3n) is 2.75. The average molecular weight is 289 g/mol. The first-order valence-corrected chi connectivity index (χ1v) is 6.55. The van der Waals surface area contributed by atoms with E-state index in [1.807, 2.05) is 6.07 Å². The van der Waals surface area contributed by atoms with Gasteiger partial charge in [-0.1, -0.05) is 6.07 Å². The fourth-order valence-electron chi connectivity index (χ4n) is 1.52. The summed E-state index contributed by atoms with van der Waals surface area (Å²) in [6.07, 6.45) is -3.28. The lowest BCUT2D eigenvalue weighted by Crippen LogP contribution is -2.35. The van der Waals surface area contributed by atoms with Crippen molar-refractivity contribution < 1.29 is 13.2 Å². The fraction of sp³-hybridized carbons (Fsp3) is 0.643. The second-order valence-corrected chi connectivity index (χ2v) is 5.91. The molecule has 0 bridgehead atoms. The molecule has 0 atom stereocenters. The molecule has 0 aromatic carbocycles. The molecular weight excluding hydrogens is 267 g/mol. The minimum Gasteiger partial charge on any atom is -0.359 e. The monoisotopic (exact) mass is 289 g/mol. The van der Waals surface area contributed by atoms with Crippen LogP contribution >= 0.6 is 0 Å². The van der Waals surface area contributed by atoms with Crippen LogP contribution in [0.5, 0.6) is 0 Å². The Morgan fingerprint density at radius 3 is 2.30 bits per heavy atom. The molecule has 0 radical (unpaired) electrons. The van der Waals surface area contributed by atoms with E-state index < -0.39 is 12.6 Å². The quantitative estimate of drug-likeness (QED) is 0.901. The van der Waals surface area contributed by atoms with Crippen LogP contribution in [-0.2, 0) is 6.54 Å². The van der Waals surface area contributed by atoms with Gasteiger partial charge in [0.05, 0.1) is 6.42 Å². The van der Waals surface area contributed by atoms with Gasteiger partial charge in [0.15, 0.2) is 0 Å². The topological polar surface area (TPSA) is 28.2 Å². The number of nitrogens with one attached hydrogen (secondary N) is 1. The summed E-state index contributed by atoms with van der Waals surface area (Å²) in [5, 5.41) is 3.33. The van der Waals surface area contributed by atoms with E-state index in [1.54, 1.807) is 19.3 Å². The number of alkyl halides is 3. The maximum absolute atomic E-state index is 12.2. The normalized spacial score (nSPS) is 12.6. The summed E-state index contributed by atoms with van der Waals surface area (Å²) in [5.74, 6) is 0.550. The van der Waals surface area contributed by atoms with Crippen LogP contribution in [-0.4, -0.2) is 30.3 Å². The first-order chi connectivity index (χ1) is 9.07. The molecule has 1 aromatic rings. The number of rotatable bonds is 5. The number of halogens is 3. The summed E-state index contributed by atoms with van der Waals surface area (Å²) in [7, 11) is 1.61. The van der Waals surface area contributed by atoms with Crippen LogP contribution in [0.25, 0.3) is 0 Å². The molecule has 0 spiro atoms. The van der Waals surface area contributed by atoms with E-state index in [-0.39, 0.29) is 12.1 Å². The molecule has 0 saturated carbocycles. The molecule has 0 saturated heterocycles. The molecule has 0 fully saturated rings. The lowest BCUT2D eigenvalue weighted by Gasteiger charge is -2.21. The first-order valence-electron chi connectivity index (χ1n) is 6.55. The number of pyridine rings is 1. The molecule has 0 aliphatic carbocycles. The predicted octanol–water partition coefficient (Wildman–Crippen LogP) is 3.36. The Labute approximate surface area is 118 Å². The molecule has 1 heterocycles. The Hall–Kier alpha value is -1.30. The number of hydrogen-bond acceptors (Lipinski definition) is 3. The molecule has 20 heavy (non-hydrogen) atoms. The fourth-order valence-corrected chi connectivity index (χ4v) is 1.52. The maximum atomic E-state index is 12.2. The van der Waals surface area contributed by atoms with Gasteiger partial charge in [-0.15, -0.1) is 0 Å². The number of aromatic nitrogens is 1. The summed E-state index contributed by atoms with van der Waals surface area (Å²) >= 11 is 0. The van der Waals surface area contributed by atoms with Gasteiger partial charge >= 0.3 is 6.18 Å². The van der Waals surface area contributed by atoms with Crippen molar-refractivity contribution in [3.8, 4) is 0 Å². The molecule has 0 amide bonds. The number of anilines is 1. The Morgan fingerprint density at radius 1 is 1.20 bits per heavy atom. The van der Waals surface area contributed by atoms with Crippen LogP contribution in [0.4, 0.5) is 19.0 Å². The van der Waals surface area contributed by atoms with E-state index in [4.69, 9.17) is 0 Å². The lowest BCUT2D eigenvalue weighted by atomic mass is 10.1. The summed E-state index contributed by atoms with van der Waals surface area (Å²) in [4.78, 5) is 5.71. The molecule has 114 valence electrons. The number of hydrogen-bond donors (Lipinski definition) is 1. The zero-order chi connectivity index (χ0) is 15.4. The Morgan fingerprint density at radius 2 is 1.85 bits per heavy atom. The van der Waals surface area contributed by atoms with Gasteiger partial charge < -0.3 is 10.2 Å². The van der Waals surface area contributed by atoms with E-state index in [9.17, 15) is 13.2 Å². The van der Waals surface area contributed by atoms with Crippen LogP contribution in [0, 0.1) is 0 Å². The highest BCUT2D eigenvalue weighted by molar-refractivity contribution is 5.38. The van der Waals surface area contributed by atoms with Crippen molar-refractivity contribution in [1.29, 1.82) is 0 Å². The van der Waals surface area contributed by atoms with Gasteiger partial charge in [-0.2, -0.15) is 13.2 Å². The zero-order valence-corrected chi connectivity index (χ0v) is 12.4. The summed E-state index contributed by atoms with van der Waals surface area (Å²) in [6, 6.07) is 3.63. The van der Waals surface area contributed by atoms with Gasteiger partial charge in [0, 0.05) is 31.9 Å². The third kappa shape index (κ3) is 6.75. The van der Waals surface area contributed by atoms with E-state index >= 15 is 0 Å². The molecule has 0 aliphatic heterocycles. The van der Waals surface area contributed by atoms with Crippen molar-refractivity contribution in [3.05, 3.63) is 23.9 Å². The Bertz CT molecular complexity index is 407. The SMILES string of the molecule is CN(CCC(F)(F)F)c1ccc(CNC(C)(C)C)cn1. The van der Waals surface area contributed by atoms with Crippen LogP contribution in [0.15, 0.2) is 18.3 Å². The van der Waals surface area contributed by atoms with Crippen molar-refractivity contribution in [1.82, 2.24) is 10.3 Å². The first kappa shape index (κ1) is 16.8. The highest BCUT2D eigenvalue weighted by atomic mass is 19.4. The minimum atomic E-state index is -4.13. The van der Waals surface area contributed by atoms with E-state index in [2.05, 4.69) is 31.1 Å². The van der Waals surface area contributed by atoms with Gasteiger partial charge in [0.25, 0.3) is 0 Å². The second-order valence-electron chi connectivity index (χ2n) is 5.91. The highest BCUT2D eigenvalue weighted by Gasteiger charge is 2.27. The standard InChI is InChI=1S/C14H22F3N3/c1-13(2,3)19-10-11-5-6-12(18-9-11)20(4)8-7-14(15,16)17/h5-6,9,19H,7-8,10H2,1-4H3. The average Bonchev–Trinajstić information content (AvgIpc) is 2.32. The molecule has 1 N–H and O–H groups in total. The van der Waals surface area contributed by atoms with Gasteiger partial charge in [-0.3, -0.25) is 0 Å². The summed E-state index contributed by atoms with van der Waals surface area (Å²) < 4.78 is 36.5. The maximum Gasteiger partial charge on any atom is 0.390 e. The van der Waals surface area contributed by atoms with Gasteiger partial charge in [-0.25, -0.2) is 4.98 Å². The van der Waals surface area contributed by atoms with Crippen LogP contribution in [0.2, 0.25) is 0 Å². The predicted molar refractivity (Wildman–Crippen MR) is 74.8 cm³/mol. The molecule has 3 nitrogen and oxygen atoms in total. The zero-order valence-electron chi connectivity index (χ0n) is 12.4. The molecule has 0 aliphatic rings. The Balaban J connectivity index is 2.53. The summed E-state index contributed by atoms with van der Waals surface area (Å²) in [6.45, 7) is 6.80. The van der Waals surface area contributed by atoms with Gasteiger partial charge in [0.2, 0.25) is 0 Å². The molecule has 1 aromatic heterocycles. The van der Waals surface area contributed by atoms with Crippen molar-refractivity contribution in [3.63, 3.8) is 0 Å². The molecular formula is C14H22F3N3. The molecule has 6 heteroatoms. The lowest BCUT2D eigenvalue weighted by molar-refractivity contribution is -0.132. The second kappa shape index (κ2) is 6.43. The van der Waals surface area contributed by atoms with Crippen LogP contribution in [0.3, 0.4) is 0 Å². The van der Waals surface area contributed by atoms with Crippen molar-refractivity contribution >= 4 is 5.82 Å². The van der Waals surface area contributed by atoms with Crippen molar-refractivity contribution in [2.24, 2.45) is 0 Å². The van der Waals surface area contributed by atoms with Gasteiger partial charge in [-0.05, 0) is 32.4 Å². The largest absolute Gasteiger partial charge is 0.390 e. The van der Waals surface area contributed by atoms with Crippen LogP contribution in [0.1, 0.15) is 32.8 Å². The van der Waals surface area contributed by atoms with Gasteiger partial charge in [0.1, 0.15) is 5.82 Å². The van der Waals surface area contributed by atoms with E-state index in [0.29, 0.717) is 12.4 Å². The molecule has 1 rings (SSSR count). The summed E-state index contributed by atoms with van der Waals surface area (Å²) in [5.41, 5.74) is 1.02.